The van der Waals surface area contributed by atoms with E-state index in [9.17, 15) is 24.6 Å². The number of aliphatic hydroxyl groups excluding tert-OH is 1. The molecule has 8 nitrogen and oxygen atoms in total. The van der Waals surface area contributed by atoms with Crippen molar-refractivity contribution in [3.63, 3.8) is 0 Å². The highest BCUT2D eigenvalue weighted by atomic mass is 16.4. The maximum absolute atomic E-state index is 13.6. The van der Waals surface area contributed by atoms with Crippen LogP contribution in [0.3, 0.4) is 0 Å². The van der Waals surface area contributed by atoms with Crippen molar-refractivity contribution >= 4 is 23.2 Å². The number of amides is 1. The van der Waals surface area contributed by atoms with E-state index in [0.717, 1.165) is 16.7 Å². The fourth-order valence-corrected chi connectivity index (χ4v) is 6.68. The van der Waals surface area contributed by atoms with Crippen LogP contribution in [-0.4, -0.2) is 49.5 Å². The number of β-lactam (4-membered cyclic amide) rings is 1. The number of hydrogen-bond acceptors (Lipinski definition) is 4. The summed E-state index contributed by atoms with van der Waals surface area (Å²) in [5.41, 5.74) is 5.98. The second-order valence-corrected chi connectivity index (χ2v) is 11.1. The van der Waals surface area contributed by atoms with Crippen molar-refractivity contribution in [2.75, 3.05) is 0 Å². The summed E-state index contributed by atoms with van der Waals surface area (Å²) >= 11 is 0. The number of aromatic nitrogens is 2. The van der Waals surface area contributed by atoms with Crippen LogP contribution in [0.25, 0.3) is 16.7 Å². The first kappa shape index (κ1) is 25.2. The maximum Gasteiger partial charge on any atom is 0.352 e. The Hall–Kier alpha value is -4.82. The van der Waals surface area contributed by atoms with E-state index >= 15 is 0 Å². The van der Waals surface area contributed by atoms with E-state index in [-0.39, 0.29) is 17.4 Å². The Morgan fingerprint density at radius 3 is 2.49 bits per heavy atom. The van der Waals surface area contributed by atoms with Crippen molar-refractivity contribution in [1.29, 1.82) is 0 Å². The molecule has 1 aliphatic carbocycles. The van der Waals surface area contributed by atoms with Crippen molar-refractivity contribution in [3.05, 3.63) is 119 Å². The van der Waals surface area contributed by atoms with Gasteiger partial charge >= 0.3 is 5.97 Å². The molecule has 204 valence electrons. The fourth-order valence-electron chi connectivity index (χ4n) is 6.68. The quantitative estimate of drug-likeness (QED) is 0.240. The van der Waals surface area contributed by atoms with Crippen LogP contribution in [0.5, 0.6) is 0 Å². The Morgan fingerprint density at radius 2 is 1.76 bits per heavy atom. The summed E-state index contributed by atoms with van der Waals surface area (Å²) in [4.78, 5) is 40.2. The van der Waals surface area contributed by atoms with E-state index < -0.39 is 24.0 Å². The van der Waals surface area contributed by atoms with Gasteiger partial charge in [-0.1, -0.05) is 54.6 Å². The Labute approximate surface area is 236 Å². The number of carboxylic acid groups (broad SMARTS) is 1. The van der Waals surface area contributed by atoms with E-state index in [1.165, 1.54) is 10.5 Å². The molecule has 41 heavy (non-hydrogen) atoms. The molecule has 0 spiro atoms. The minimum absolute atomic E-state index is 0.0397. The lowest BCUT2D eigenvalue weighted by molar-refractivity contribution is -0.687. The van der Waals surface area contributed by atoms with Gasteiger partial charge in [0.2, 0.25) is 12.2 Å². The second-order valence-electron chi connectivity index (χ2n) is 11.1. The first-order chi connectivity index (χ1) is 19.8. The molecule has 2 aliphatic heterocycles. The summed E-state index contributed by atoms with van der Waals surface area (Å²) < 4.78 is 4.09. The van der Waals surface area contributed by atoms with Gasteiger partial charge in [-0.2, -0.15) is 0 Å². The predicted octanol–water partition coefficient (Wildman–Crippen LogP) is 3.49. The number of carbonyl (C=O) groups is 3. The first-order valence-electron chi connectivity index (χ1n) is 13.7. The van der Waals surface area contributed by atoms with E-state index in [1.807, 2.05) is 77.9 Å². The molecule has 3 atom stereocenters. The smallest absolute Gasteiger partial charge is 0.352 e. The number of aliphatic hydroxyl groups is 1. The summed E-state index contributed by atoms with van der Waals surface area (Å²) in [5, 5.41) is 20.3. The lowest BCUT2D eigenvalue weighted by atomic mass is 9.82. The van der Waals surface area contributed by atoms with Gasteiger partial charge in [-0.15, -0.1) is 0 Å². The van der Waals surface area contributed by atoms with Gasteiger partial charge in [0.05, 0.1) is 18.1 Å². The summed E-state index contributed by atoms with van der Waals surface area (Å²) in [5.74, 6) is -2.22. The SMILES string of the molecule is C[C@@H](O)[C@H]1C(=O)N2C(C(=O)O)=C(c3cc(Cn4cc[n+](Cc5ccccc5)c4)c4c(c3)-c3ccccc3C4=O)C[C@H]12. The van der Waals surface area contributed by atoms with Crippen molar-refractivity contribution < 1.29 is 29.2 Å². The number of fused-ring (bicyclic) bond motifs is 4. The summed E-state index contributed by atoms with van der Waals surface area (Å²) in [7, 11) is 0. The predicted molar refractivity (Wildman–Crippen MR) is 150 cm³/mol. The molecule has 1 saturated heterocycles. The van der Waals surface area contributed by atoms with Crippen LogP contribution in [0, 0.1) is 5.92 Å². The highest BCUT2D eigenvalue weighted by molar-refractivity contribution is 6.23. The van der Waals surface area contributed by atoms with Gasteiger partial charge in [0, 0.05) is 16.7 Å². The zero-order valence-corrected chi connectivity index (χ0v) is 22.4. The number of benzene rings is 3. The van der Waals surface area contributed by atoms with Crippen molar-refractivity contribution in [1.82, 2.24) is 9.47 Å². The van der Waals surface area contributed by atoms with E-state index in [2.05, 4.69) is 16.7 Å². The summed E-state index contributed by atoms with van der Waals surface area (Å²) in [6.45, 7) is 2.69. The van der Waals surface area contributed by atoms with Crippen LogP contribution in [-0.2, 0) is 22.7 Å². The molecule has 3 aromatic carbocycles. The number of aliphatic carboxylic acids is 1. The van der Waals surface area contributed by atoms with E-state index in [4.69, 9.17) is 0 Å². The largest absolute Gasteiger partial charge is 0.477 e. The highest BCUT2D eigenvalue weighted by Crippen LogP contribution is 2.49. The number of hydrogen-bond donors (Lipinski definition) is 2. The van der Waals surface area contributed by atoms with Gasteiger partial charge in [-0.3, -0.25) is 9.59 Å². The van der Waals surface area contributed by atoms with Gasteiger partial charge in [-0.25, -0.2) is 13.9 Å². The maximum atomic E-state index is 13.6. The zero-order chi connectivity index (χ0) is 28.4. The molecule has 0 saturated carbocycles. The number of rotatable bonds is 7. The molecule has 0 unspecified atom stereocenters. The molecule has 1 amide bonds. The number of ketones is 1. The Morgan fingerprint density at radius 1 is 1.02 bits per heavy atom. The molecule has 2 N–H and O–H groups in total. The molecule has 3 aliphatic rings. The monoisotopic (exact) mass is 546 g/mol. The summed E-state index contributed by atoms with van der Waals surface area (Å²) in [6.07, 6.45) is 5.41. The third-order valence-electron chi connectivity index (χ3n) is 8.50. The summed E-state index contributed by atoms with van der Waals surface area (Å²) in [6, 6.07) is 21.0. The zero-order valence-electron chi connectivity index (χ0n) is 22.4. The highest BCUT2D eigenvalue weighted by Gasteiger charge is 2.56. The standard InChI is InChI=1S/C33H27N3O5/c1-19(37)28-27-15-25(30(33(40)41)36(27)32(28)39)21-13-22(29-26(14-21)23-9-5-6-10-24(23)31(29)38)17-35-12-11-34(18-35)16-20-7-3-2-4-8-20/h2-14,18-19,27-28,37H,15-17H2,1H3/p+1/t19-,27-,28-/m1/s1. The van der Waals surface area contributed by atoms with Gasteiger partial charge in [0.15, 0.2) is 5.78 Å². The average Bonchev–Trinajstić information content (AvgIpc) is 3.62. The Balaban J connectivity index is 1.32. The second kappa shape index (κ2) is 9.38. The Kier molecular flexibility index (Phi) is 5.76. The van der Waals surface area contributed by atoms with Crippen LogP contribution in [0.1, 0.15) is 46.0 Å². The average molecular weight is 547 g/mol. The Bertz CT molecular complexity index is 1790. The molecule has 8 heteroatoms. The molecule has 0 bridgehead atoms. The van der Waals surface area contributed by atoms with Gasteiger partial charge in [0.25, 0.3) is 0 Å². The molecule has 3 heterocycles. The van der Waals surface area contributed by atoms with Crippen molar-refractivity contribution in [2.24, 2.45) is 5.92 Å². The van der Waals surface area contributed by atoms with Crippen molar-refractivity contribution in [3.8, 4) is 11.1 Å². The minimum atomic E-state index is -1.18. The number of imidazole rings is 1. The molecule has 4 aromatic rings. The number of carbonyl (C=O) groups excluding carboxylic acids is 2. The molecule has 1 aromatic heterocycles. The third kappa shape index (κ3) is 3.94. The van der Waals surface area contributed by atoms with Crippen LogP contribution in [0.4, 0.5) is 0 Å². The molecular weight excluding hydrogens is 518 g/mol. The van der Waals surface area contributed by atoms with Gasteiger partial charge in [0.1, 0.15) is 31.2 Å². The van der Waals surface area contributed by atoms with Gasteiger partial charge in [-0.05, 0) is 53.3 Å². The fraction of sp³-hybridized carbons (Fsp3) is 0.212. The first-order valence-corrected chi connectivity index (χ1v) is 13.7. The van der Waals surface area contributed by atoms with E-state index in [0.29, 0.717) is 41.8 Å². The third-order valence-corrected chi connectivity index (χ3v) is 8.50. The molecule has 0 radical (unpaired) electrons. The van der Waals surface area contributed by atoms with Crippen LogP contribution in [0.15, 0.2) is 91.1 Å². The molecular formula is C33H28N3O5+. The van der Waals surface area contributed by atoms with Crippen LogP contribution in [0.2, 0.25) is 0 Å². The molecule has 7 rings (SSSR count). The lowest BCUT2D eigenvalue weighted by Gasteiger charge is -2.44. The van der Waals surface area contributed by atoms with Gasteiger partial charge < -0.3 is 15.1 Å². The van der Waals surface area contributed by atoms with Crippen LogP contribution >= 0.6 is 0 Å². The van der Waals surface area contributed by atoms with Crippen molar-refractivity contribution in [2.45, 2.75) is 38.6 Å². The normalized spacial score (nSPS) is 19.6. The lowest BCUT2D eigenvalue weighted by Crippen LogP contribution is -2.61. The number of nitrogens with zero attached hydrogens (tertiary/aromatic N) is 3. The minimum Gasteiger partial charge on any atom is -0.477 e. The van der Waals surface area contributed by atoms with E-state index in [1.54, 1.807) is 6.92 Å². The number of carboxylic acids is 1. The molecule has 1 fully saturated rings. The topological polar surface area (TPSA) is 104 Å². The van der Waals surface area contributed by atoms with Crippen LogP contribution < -0.4 is 4.57 Å².